The SMILES string of the molecule is CSc1ccc(OCC(=O)NC2CCN(C(C)=O)CC2)cc1. The number of hydrogen-bond donors (Lipinski definition) is 1. The van der Waals surface area contributed by atoms with Crippen molar-refractivity contribution in [1.29, 1.82) is 0 Å². The van der Waals surface area contributed by atoms with Gasteiger partial charge in [0.05, 0.1) is 0 Å². The fourth-order valence-corrected chi connectivity index (χ4v) is 2.84. The molecule has 0 radical (unpaired) electrons. The normalized spacial score (nSPS) is 15.5. The van der Waals surface area contributed by atoms with Gasteiger partial charge in [0.1, 0.15) is 5.75 Å². The molecule has 1 aromatic carbocycles. The second-order valence-electron chi connectivity index (χ2n) is 5.31. The van der Waals surface area contributed by atoms with Crippen LogP contribution in [-0.4, -0.2) is 48.7 Å². The number of piperidine rings is 1. The number of thioether (sulfide) groups is 1. The minimum Gasteiger partial charge on any atom is -0.484 e. The number of carbonyl (C=O) groups is 2. The van der Waals surface area contributed by atoms with Gasteiger partial charge in [0.25, 0.3) is 5.91 Å². The average Bonchev–Trinajstić information content (AvgIpc) is 2.54. The Morgan fingerprint density at radius 2 is 1.91 bits per heavy atom. The molecule has 22 heavy (non-hydrogen) atoms. The number of nitrogens with one attached hydrogen (secondary N) is 1. The summed E-state index contributed by atoms with van der Waals surface area (Å²) in [5.74, 6) is 0.677. The van der Waals surface area contributed by atoms with Gasteiger partial charge in [-0.25, -0.2) is 0 Å². The molecule has 1 aliphatic rings. The highest BCUT2D eigenvalue weighted by Gasteiger charge is 2.21. The molecule has 1 aliphatic heterocycles. The Labute approximate surface area is 135 Å². The summed E-state index contributed by atoms with van der Waals surface area (Å²) in [4.78, 5) is 26.1. The molecule has 0 bridgehead atoms. The molecule has 6 heteroatoms. The maximum Gasteiger partial charge on any atom is 0.258 e. The van der Waals surface area contributed by atoms with Crippen LogP contribution in [0.1, 0.15) is 19.8 Å². The number of ether oxygens (including phenoxy) is 1. The number of rotatable bonds is 5. The predicted molar refractivity (Wildman–Crippen MR) is 87.1 cm³/mol. The summed E-state index contributed by atoms with van der Waals surface area (Å²) in [6.07, 6.45) is 3.61. The van der Waals surface area contributed by atoms with Crippen LogP contribution in [-0.2, 0) is 9.59 Å². The third-order valence-electron chi connectivity index (χ3n) is 3.73. The van der Waals surface area contributed by atoms with E-state index in [0.717, 1.165) is 17.7 Å². The van der Waals surface area contributed by atoms with Crippen molar-refractivity contribution in [2.75, 3.05) is 26.0 Å². The van der Waals surface area contributed by atoms with Crippen molar-refractivity contribution < 1.29 is 14.3 Å². The van der Waals surface area contributed by atoms with Crippen LogP contribution in [0.15, 0.2) is 29.2 Å². The summed E-state index contributed by atoms with van der Waals surface area (Å²) in [6, 6.07) is 7.80. The first-order valence-corrected chi connectivity index (χ1v) is 8.62. The van der Waals surface area contributed by atoms with Gasteiger partial charge in [-0.15, -0.1) is 11.8 Å². The fourth-order valence-electron chi connectivity index (χ4n) is 2.43. The van der Waals surface area contributed by atoms with Gasteiger partial charge in [0.15, 0.2) is 6.61 Å². The molecule has 2 amide bonds. The van der Waals surface area contributed by atoms with E-state index in [9.17, 15) is 9.59 Å². The Morgan fingerprint density at radius 3 is 2.45 bits per heavy atom. The van der Waals surface area contributed by atoms with E-state index >= 15 is 0 Å². The second kappa shape index (κ2) is 8.08. The highest BCUT2D eigenvalue weighted by molar-refractivity contribution is 7.98. The Morgan fingerprint density at radius 1 is 1.27 bits per heavy atom. The van der Waals surface area contributed by atoms with E-state index in [-0.39, 0.29) is 24.5 Å². The monoisotopic (exact) mass is 322 g/mol. The van der Waals surface area contributed by atoms with Crippen LogP contribution in [0.5, 0.6) is 5.75 Å². The zero-order chi connectivity index (χ0) is 15.9. The average molecular weight is 322 g/mol. The van der Waals surface area contributed by atoms with Gasteiger partial charge < -0.3 is 15.0 Å². The molecule has 1 N–H and O–H groups in total. The topological polar surface area (TPSA) is 58.6 Å². The Bertz CT molecular complexity index is 511. The number of carbonyl (C=O) groups excluding carboxylic acids is 2. The van der Waals surface area contributed by atoms with E-state index in [1.807, 2.05) is 35.4 Å². The lowest BCUT2D eigenvalue weighted by Gasteiger charge is -2.31. The molecular weight excluding hydrogens is 300 g/mol. The largest absolute Gasteiger partial charge is 0.484 e. The van der Waals surface area contributed by atoms with E-state index in [2.05, 4.69) is 5.32 Å². The standard InChI is InChI=1S/C16H22N2O3S/c1-12(19)18-9-7-13(8-10-18)17-16(20)11-21-14-3-5-15(22-2)6-4-14/h3-6,13H,7-11H2,1-2H3,(H,17,20). The maximum atomic E-state index is 11.9. The molecule has 2 rings (SSSR count). The number of benzene rings is 1. The third kappa shape index (κ3) is 4.94. The summed E-state index contributed by atoms with van der Waals surface area (Å²) in [7, 11) is 0. The molecule has 0 atom stereocenters. The predicted octanol–water partition coefficient (Wildman–Crippen LogP) is 1.91. The van der Waals surface area contributed by atoms with Crippen LogP contribution in [0.4, 0.5) is 0 Å². The molecule has 1 aromatic rings. The molecule has 1 heterocycles. The first-order chi connectivity index (χ1) is 10.6. The minimum absolute atomic E-state index is 0.0194. The van der Waals surface area contributed by atoms with E-state index in [1.54, 1.807) is 18.7 Å². The lowest BCUT2D eigenvalue weighted by atomic mass is 10.1. The molecule has 5 nitrogen and oxygen atoms in total. The van der Waals surface area contributed by atoms with Gasteiger partial charge in [-0.1, -0.05) is 0 Å². The molecule has 0 aromatic heterocycles. The number of hydrogen-bond acceptors (Lipinski definition) is 4. The third-order valence-corrected chi connectivity index (χ3v) is 4.48. The molecule has 1 fully saturated rings. The number of likely N-dealkylation sites (tertiary alicyclic amines) is 1. The van der Waals surface area contributed by atoms with Crippen molar-refractivity contribution in [2.45, 2.75) is 30.7 Å². The van der Waals surface area contributed by atoms with Gasteiger partial charge in [-0.3, -0.25) is 9.59 Å². The van der Waals surface area contributed by atoms with E-state index in [4.69, 9.17) is 4.74 Å². The van der Waals surface area contributed by atoms with Crippen molar-refractivity contribution in [3.8, 4) is 5.75 Å². The first-order valence-electron chi connectivity index (χ1n) is 7.40. The van der Waals surface area contributed by atoms with Gasteiger partial charge >= 0.3 is 0 Å². The van der Waals surface area contributed by atoms with Crippen molar-refractivity contribution in [3.63, 3.8) is 0 Å². The van der Waals surface area contributed by atoms with Crippen LogP contribution < -0.4 is 10.1 Å². The van der Waals surface area contributed by atoms with Crippen molar-refractivity contribution >= 4 is 23.6 Å². The smallest absolute Gasteiger partial charge is 0.258 e. The molecule has 0 aliphatic carbocycles. The summed E-state index contributed by atoms with van der Waals surface area (Å²) in [5, 5.41) is 2.97. The number of amides is 2. The molecule has 1 saturated heterocycles. The fraction of sp³-hybridized carbons (Fsp3) is 0.500. The Hall–Kier alpha value is -1.69. The summed E-state index contributed by atoms with van der Waals surface area (Å²) < 4.78 is 5.48. The van der Waals surface area contributed by atoms with Crippen LogP contribution >= 0.6 is 11.8 Å². The van der Waals surface area contributed by atoms with Gasteiger partial charge in [0.2, 0.25) is 5.91 Å². The van der Waals surface area contributed by atoms with Crippen LogP contribution in [0.2, 0.25) is 0 Å². The van der Waals surface area contributed by atoms with Gasteiger partial charge in [-0.05, 0) is 43.4 Å². The zero-order valence-electron chi connectivity index (χ0n) is 13.0. The highest BCUT2D eigenvalue weighted by atomic mass is 32.2. The molecular formula is C16H22N2O3S. The number of nitrogens with zero attached hydrogens (tertiary/aromatic N) is 1. The first kappa shape index (κ1) is 16.7. The maximum absolute atomic E-state index is 11.9. The van der Waals surface area contributed by atoms with Gasteiger partial charge in [-0.2, -0.15) is 0 Å². The summed E-state index contributed by atoms with van der Waals surface area (Å²) in [6.45, 7) is 3.01. The summed E-state index contributed by atoms with van der Waals surface area (Å²) in [5.41, 5.74) is 0. The Balaban J connectivity index is 1.70. The van der Waals surface area contributed by atoms with E-state index < -0.39 is 0 Å². The van der Waals surface area contributed by atoms with Crippen molar-refractivity contribution in [1.82, 2.24) is 10.2 Å². The van der Waals surface area contributed by atoms with Crippen molar-refractivity contribution in [2.24, 2.45) is 0 Å². The molecule has 120 valence electrons. The van der Waals surface area contributed by atoms with Gasteiger partial charge in [0, 0.05) is 31.0 Å². The quantitative estimate of drug-likeness (QED) is 0.842. The highest BCUT2D eigenvalue weighted by Crippen LogP contribution is 2.18. The van der Waals surface area contributed by atoms with E-state index in [1.165, 1.54) is 0 Å². The zero-order valence-corrected chi connectivity index (χ0v) is 13.8. The summed E-state index contributed by atoms with van der Waals surface area (Å²) >= 11 is 1.66. The molecule has 0 saturated carbocycles. The van der Waals surface area contributed by atoms with E-state index in [0.29, 0.717) is 18.8 Å². The van der Waals surface area contributed by atoms with Crippen LogP contribution in [0.25, 0.3) is 0 Å². The van der Waals surface area contributed by atoms with Crippen LogP contribution in [0.3, 0.4) is 0 Å². The lowest BCUT2D eigenvalue weighted by molar-refractivity contribution is -0.130. The minimum atomic E-state index is -0.116. The lowest BCUT2D eigenvalue weighted by Crippen LogP contribution is -2.47. The van der Waals surface area contributed by atoms with Crippen molar-refractivity contribution in [3.05, 3.63) is 24.3 Å². The second-order valence-corrected chi connectivity index (χ2v) is 6.19. The van der Waals surface area contributed by atoms with Crippen LogP contribution in [0, 0.1) is 0 Å². The molecule has 0 unspecified atom stereocenters. The molecule has 0 spiro atoms. The Kier molecular flexibility index (Phi) is 6.12.